The van der Waals surface area contributed by atoms with E-state index >= 15 is 0 Å². The van der Waals surface area contributed by atoms with Crippen molar-refractivity contribution in [1.29, 1.82) is 0 Å². The van der Waals surface area contributed by atoms with Crippen LogP contribution in [-0.2, 0) is 4.74 Å². The van der Waals surface area contributed by atoms with Crippen LogP contribution in [0.3, 0.4) is 0 Å². The van der Waals surface area contributed by atoms with Gasteiger partial charge in [0.2, 0.25) is 0 Å². The van der Waals surface area contributed by atoms with Crippen LogP contribution in [0.5, 0.6) is 11.5 Å². The van der Waals surface area contributed by atoms with Crippen LogP contribution >= 0.6 is 0 Å². The van der Waals surface area contributed by atoms with Crippen LogP contribution in [0, 0.1) is 0 Å². The first-order valence-electron chi connectivity index (χ1n) is 12.5. The third-order valence-corrected chi connectivity index (χ3v) is 7.46. The summed E-state index contributed by atoms with van der Waals surface area (Å²) in [5, 5.41) is 1.31. The van der Waals surface area contributed by atoms with Gasteiger partial charge in [-0.2, -0.15) is 0 Å². The van der Waals surface area contributed by atoms with Crippen molar-refractivity contribution in [3.8, 4) is 22.8 Å². The maximum atomic E-state index is 5.57. The van der Waals surface area contributed by atoms with E-state index in [2.05, 4.69) is 59.0 Å². The molecule has 2 aromatic carbocycles. The third kappa shape index (κ3) is 4.37. The number of piperidine rings is 1. The summed E-state index contributed by atoms with van der Waals surface area (Å²) in [5.41, 5.74) is 6.14. The van der Waals surface area contributed by atoms with Gasteiger partial charge in [-0.1, -0.05) is 13.8 Å². The maximum absolute atomic E-state index is 5.57. The van der Waals surface area contributed by atoms with Gasteiger partial charge in [-0.05, 0) is 60.7 Å². The molecule has 0 atom stereocenters. The largest absolute Gasteiger partial charge is 0.493 e. The van der Waals surface area contributed by atoms with E-state index in [1.807, 2.05) is 6.07 Å². The van der Waals surface area contributed by atoms with E-state index in [0.717, 1.165) is 62.1 Å². The minimum atomic E-state index is 0.388. The van der Waals surface area contributed by atoms with E-state index in [4.69, 9.17) is 14.2 Å². The van der Waals surface area contributed by atoms with Crippen molar-refractivity contribution in [1.82, 2.24) is 9.88 Å². The quantitative estimate of drug-likeness (QED) is 0.539. The molecule has 6 nitrogen and oxygen atoms in total. The molecule has 2 aliphatic heterocycles. The number of H-pyrrole nitrogens is 1. The zero-order chi connectivity index (χ0) is 23.7. The number of aromatic amines is 1. The van der Waals surface area contributed by atoms with Crippen molar-refractivity contribution in [2.75, 3.05) is 58.5 Å². The molecule has 3 heterocycles. The van der Waals surface area contributed by atoms with Gasteiger partial charge >= 0.3 is 0 Å². The summed E-state index contributed by atoms with van der Waals surface area (Å²) < 4.78 is 16.6. The molecule has 0 amide bonds. The van der Waals surface area contributed by atoms with Gasteiger partial charge in [0.05, 0.1) is 33.1 Å². The molecule has 182 valence electrons. The van der Waals surface area contributed by atoms with E-state index < -0.39 is 0 Å². The molecule has 5 rings (SSSR count). The summed E-state index contributed by atoms with van der Waals surface area (Å²) in [7, 11) is 3.36. The van der Waals surface area contributed by atoms with Crippen LogP contribution in [0.1, 0.15) is 38.2 Å². The van der Waals surface area contributed by atoms with Crippen molar-refractivity contribution in [3.63, 3.8) is 0 Å². The Hall–Kier alpha value is -2.70. The number of aromatic nitrogens is 1. The second kappa shape index (κ2) is 9.88. The Bertz CT molecular complexity index is 1130. The normalized spacial score (nSPS) is 18.1. The van der Waals surface area contributed by atoms with Gasteiger partial charge in [0.15, 0.2) is 11.5 Å². The molecular formula is C28H37N3O3. The van der Waals surface area contributed by atoms with Crippen molar-refractivity contribution in [2.24, 2.45) is 0 Å². The smallest absolute Gasteiger partial charge is 0.161 e. The molecule has 6 heteroatoms. The lowest BCUT2D eigenvalue weighted by atomic mass is 9.95. The summed E-state index contributed by atoms with van der Waals surface area (Å²) >= 11 is 0. The van der Waals surface area contributed by atoms with Gasteiger partial charge in [-0.15, -0.1) is 0 Å². The lowest BCUT2D eigenvalue weighted by Gasteiger charge is -2.40. The van der Waals surface area contributed by atoms with E-state index in [1.165, 1.54) is 35.0 Å². The van der Waals surface area contributed by atoms with Gasteiger partial charge in [0, 0.05) is 54.4 Å². The van der Waals surface area contributed by atoms with Crippen LogP contribution < -0.4 is 14.4 Å². The van der Waals surface area contributed by atoms with E-state index in [-0.39, 0.29) is 0 Å². The number of rotatable bonds is 6. The van der Waals surface area contributed by atoms with Crippen molar-refractivity contribution < 1.29 is 14.2 Å². The lowest BCUT2D eigenvalue weighted by molar-refractivity contribution is 0.0115. The fourth-order valence-electron chi connectivity index (χ4n) is 5.65. The highest BCUT2D eigenvalue weighted by Crippen LogP contribution is 2.40. The fourth-order valence-corrected chi connectivity index (χ4v) is 5.65. The fraction of sp³-hybridized carbons (Fsp3) is 0.500. The number of hydrogen-bond acceptors (Lipinski definition) is 5. The molecular weight excluding hydrogens is 426 g/mol. The molecule has 2 aliphatic rings. The summed E-state index contributed by atoms with van der Waals surface area (Å²) in [6.45, 7) is 10.7. The molecule has 0 aliphatic carbocycles. The molecule has 0 radical (unpaired) electrons. The van der Waals surface area contributed by atoms with Crippen LogP contribution in [0.25, 0.3) is 22.2 Å². The number of nitrogens with one attached hydrogen (secondary N) is 1. The Kier molecular flexibility index (Phi) is 6.70. The van der Waals surface area contributed by atoms with E-state index in [9.17, 15) is 0 Å². The number of fused-ring (bicyclic) bond motifs is 1. The molecule has 0 bridgehead atoms. The molecule has 34 heavy (non-hydrogen) atoms. The topological polar surface area (TPSA) is 50.0 Å². The third-order valence-electron chi connectivity index (χ3n) is 7.46. The van der Waals surface area contributed by atoms with Crippen LogP contribution in [0.2, 0.25) is 0 Å². The second-order valence-corrected chi connectivity index (χ2v) is 9.73. The van der Waals surface area contributed by atoms with Gasteiger partial charge < -0.3 is 24.1 Å². The number of benzene rings is 2. The Morgan fingerprint density at radius 1 is 0.912 bits per heavy atom. The number of hydrogen-bond donors (Lipinski definition) is 1. The van der Waals surface area contributed by atoms with Crippen LogP contribution in [0.4, 0.5) is 5.69 Å². The summed E-state index contributed by atoms with van der Waals surface area (Å²) in [6, 6.07) is 13.8. The predicted molar refractivity (Wildman–Crippen MR) is 139 cm³/mol. The first kappa shape index (κ1) is 23.1. The van der Waals surface area contributed by atoms with Crippen molar-refractivity contribution in [3.05, 3.63) is 42.0 Å². The summed E-state index contributed by atoms with van der Waals surface area (Å²) in [6.07, 6.45) is 2.44. The molecule has 1 N–H and O–H groups in total. The first-order valence-corrected chi connectivity index (χ1v) is 12.5. The second-order valence-electron chi connectivity index (χ2n) is 9.73. The molecule has 3 aromatic rings. The van der Waals surface area contributed by atoms with Gasteiger partial charge in [0.25, 0.3) is 0 Å². The Morgan fingerprint density at radius 2 is 1.65 bits per heavy atom. The highest BCUT2D eigenvalue weighted by atomic mass is 16.5. The zero-order valence-electron chi connectivity index (χ0n) is 20.9. The van der Waals surface area contributed by atoms with Crippen molar-refractivity contribution in [2.45, 2.75) is 38.6 Å². The maximum Gasteiger partial charge on any atom is 0.161 e. The zero-order valence-corrected chi connectivity index (χ0v) is 20.9. The molecule has 0 spiro atoms. The predicted octanol–water partition coefficient (Wildman–Crippen LogP) is 5.28. The van der Waals surface area contributed by atoms with E-state index in [0.29, 0.717) is 12.0 Å². The van der Waals surface area contributed by atoms with Gasteiger partial charge in [-0.25, -0.2) is 0 Å². The van der Waals surface area contributed by atoms with E-state index in [1.54, 1.807) is 14.2 Å². The molecule has 2 fully saturated rings. The molecule has 0 unspecified atom stereocenters. The molecule has 2 saturated heterocycles. The number of morpholine rings is 1. The lowest BCUT2D eigenvalue weighted by Crippen LogP contribution is -2.49. The van der Waals surface area contributed by atoms with Crippen molar-refractivity contribution >= 4 is 16.6 Å². The highest BCUT2D eigenvalue weighted by Gasteiger charge is 2.26. The molecule has 1 aromatic heterocycles. The standard InChI is InChI=1S/C28H37N3O3/c1-19(2)27-23-18-22(30-11-9-21(10-12-30)31-13-15-34-16-14-31)6-7-24(23)29-28(27)20-5-8-25(32-3)26(17-20)33-4/h5-8,17-19,21,29H,9-16H2,1-4H3. The Labute approximate surface area is 202 Å². The average molecular weight is 464 g/mol. The number of anilines is 1. The number of nitrogens with zero attached hydrogens (tertiary/aromatic N) is 2. The molecule has 0 saturated carbocycles. The van der Waals surface area contributed by atoms with Crippen LogP contribution in [0.15, 0.2) is 36.4 Å². The van der Waals surface area contributed by atoms with Gasteiger partial charge in [-0.3, -0.25) is 4.90 Å². The summed E-state index contributed by atoms with van der Waals surface area (Å²) in [5.74, 6) is 1.88. The SMILES string of the molecule is COc1ccc(-c2[nH]c3ccc(N4CCC(N5CCOCC5)CC4)cc3c2C(C)C)cc1OC. The van der Waals surface area contributed by atoms with Crippen LogP contribution in [-0.4, -0.2) is 69.5 Å². The average Bonchev–Trinajstić information content (AvgIpc) is 3.28. The number of ether oxygens (including phenoxy) is 3. The Morgan fingerprint density at radius 3 is 2.32 bits per heavy atom. The minimum Gasteiger partial charge on any atom is -0.493 e. The highest BCUT2D eigenvalue weighted by molar-refractivity contribution is 5.93. The first-order chi connectivity index (χ1) is 16.6. The minimum absolute atomic E-state index is 0.388. The Balaban J connectivity index is 1.43. The monoisotopic (exact) mass is 463 g/mol. The number of methoxy groups -OCH3 is 2. The summed E-state index contributed by atoms with van der Waals surface area (Å²) in [4.78, 5) is 8.88. The van der Waals surface area contributed by atoms with Gasteiger partial charge in [0.1, 0.15) is 0 Å².